The van der Waals surface area contributed by atoms with E-state index >= 15 is 0 Å². The van der Waals surface area contributed by atoms with Crippen LogP contribution in [0.2, 0.25) is 0 Å². The number of nitrogens with one attached hydrogen (secondary N) is 2. The SMILES string of the molecule is CC(C)C[C@H](NC(=O)[C@H](C)NC(=O)c1ccc(Br)s1)C(=O)OC(C)(C)C. The summed E-state index contributed by atoms with van der Waals surface area (Å²) in [7, 11) is 0. The van der Waals surface area contributed by atoms with E-state index in [-0.39, 0.29) is 11.8 Å². The van der Waals surface area contributed by atoms with E-state index < -0.39 is 29.6 Å². The van der Waals surface area contributed by atoms with Crippen LogP contribution in [0.15, 0.2) is 15.9 Å². The topological polar surface area (TPSA) is 84.5 Å². The molecule has 1 heterocycles. The third-order valence-corrected chi connectivity index (χ3v) is 4.88. The Kier molecular flexibility index (Phi) is 8.27. The van der Waals surface area contributed by atoms with Crippen LogP contribution in [0.1, 0.15) is 57.6 Å². The average molecular weight is 447 g/mol. The fourth-order valence-corrected chi connectivity index (χ4v) is 3.41. The summed E-state index contributed by atoms with van der Waals surface area (Å²) in [6, 6.07) is 1.92. The molecule has 26 heavy (non-hydrogen) atoms. The molecule has 0 radical (unpaired) electrons. The smallest absolute Gasteiger partial charge is 0.329 e. The van der Waals surface area contributed by atoms with Crippen LogP contribution in [0.3, 0.4) is 0 Å². The van der Waals surface area contributed by atoms with Gasteiger partial charge in [-0.2, -0.15) is 0 Å². The van der Waals surface area contributed by atoms with Crippen LogP contribution in [0.5, 0.6) is 0 Å². The molecule has 0 aliphatic rings. The number of amides is 2. The van der Waals surface area contributed by atoms with Gasteiger partial charge in [-0.3, -0.25) is 9.59 Å². The summed E-state index contributed by atoms with van der Waals surface area (Å²) in [5, 5.41) is 5.34. The van der Waals surface area contributed by atoms with Gasteiger partial charge in [0.15, 0.2) is 0 Å². The monoisotopic (exact) mass is 446 g/mol. The van der Waals surface area contributed by atoms with Crippen LogP contribution in [0, 0.1) is 5.92 Å². The van der Waals surface area contributed by atoms with E-state index in [1.165, 1.54) is 11.3 Å². The Morgan fingerprint density at radius 1 is 1.15 bits per heavy atom. The second kappa shape index (κ2) is 9.50. The summed E-state index contributed by atoms with van der Waals surface area (Å²) in [4.78, 5) is 37.5. The number of carbonyl (C=O) groups is 3. The van der Waals surface area contributed by atoms with Crippen LogP contribution in [-0.4, -0.2) is 35.5 Å². The minimum atomic E-state index is -0.777. The average Bonchev–Trinajstić information content (AvgIpc) is 2.90. The summed E-state index contributed by atoms with van der Waals surface area (Å²) in [6.45, 7) is 10.8. The molecule has 0 aliphatic heterocycles. The van der Waals surface area contributed by atoms with Gasteiger partial charge in [0.25, 0.3) is 5.91 Å². The Hall–Kier alpha value is -1.41. The second-order valence-corrected chi connectivity index (χ2v) is 9.99. The fraction of sp³-hybridized carbons (Fsp3) is 0.611. The summed E-state index contributed by atoms with van der Waals surface area (Å²) < 4.78 is 6.22. The van der Waals surface area contributed by atoms with Crippen molar-refractivity contribution in [2.24, 2.45) is 5.92 Å². The molecule has 0 spiro atoms. The maximum absolute atomic E-state index is 12.4. The van der Waals surface area contributed by atoms with Crippen molar-refractivity contribution in [3.05, 3.63) is 20.8 Å². The molecule has 0 aliphatic carbocycles. The van der Waals surface area contributed by atoms with E-state index in [4.69, 9.17) is 4.74 Å². The summed E-state index contributed by atoms with van der Waals surface area (Å²) >= 11 is 4.58. The molecule has 1 aromatic rings. The van der Waals surface area contributed by atoms with E-state index in [1.807, 2.05) is 13.8 Å². The lowest BCUT2D eigenvalue weighted by atomic mass is 10.0. The highest BCUT2D eigenvalue weighted by molar-refractivity contribution is 9.11. The van der Waals surface area contributed by atoms with Gasteiger partial charge in [0.2, 0.25) is 5.91 Å². The van der Waals surface area contributed by atoms with E-state index in [0.717, 1.165) is 3.79 Å². The van der Waals surface area contributed by atoms with Crippen LogP contribution >= 0.6 is 27.3 Å². The van der Waals surface area contributed by atoms with Crippen LogP contribution in [-0.2, 0) is 14.3 Å². The Balaban J connectivity index is 2.72. The maximum atomic E-state index is 12.4. The lowest BCUT2D eigenvalue weighted by Gasteiger charge is -2.26. The van der Waals surface area contributed by atoms with E-state index in [0.29, 0.717) is 11.3 Å². The summed E-state index contributed by atoms with van der Waals surface area (Å²) in [5.41, 5.74) is -0.635. The number of rotatable bonds is 7. The first-order valence-electron chi connectivity index (χ1n) is 8.48. The molecule has 2 atom stereocenters. The van der Waals surface area contributed by atoms with Gasteiger partial charge in [-0.1, -0.05) is 13.8 Å². The minimum Gasteiger partial charge on any atom is -0.458 e. The van der Waals surface area contributed by atoms with Crippen molar-refractivity contribution < 1.29 is 19.1 Å². The van der Waals surface area contributed by atoms with Crippen LogP contribution in [0.25, 0.3) is 0 Å². The zero-order chi connectivity index (χ0) is 20.1. The molecule has 0 fully saturated rings. The van der Waals surface area contributed by atoms with Crippen molar-refractivity contribution in [1.82, 2.24) is 10.6 Å². The standard InChI is InChI=1S/C18H27BrN2O4S/c1-10(2)9-12(17(24)25-18(4,5)6)21-15(22)11(3)20-16(23)13-7-8-14(19)26-13/h7-8,10-12H,9H2,1-6H3,(H,20,23)(H,21,22)/t11-,12-/m0/s1. The van der Waals surface area contributed by atoms with Crippen molar-refractivity contribution in [2.45, 2.75) is 65.6 Å². The molecule has 0 saturated heterocycles. The molecule has 0 bridgehead atoms. The number of thiophene rings is 1. The Morgan fingerprint density at radius 2 is 1.77 bits per heavy atom. The Labute approximate surface area is 167 Å². The highest BCUT2D eigenvalue weighted by Crippen LogP contribution is 2.22. The van der Waals surface area contributed by atoms with Crippen molar-refractivity contribution >= 4 is 45.1 Å². The van der Waals surface area contributed by atoms with Gasteiger partial charge in [-0.05, 0) is 68.1 Å². The maximum Gasteiger partial charge on any atom is 0.329 e. The number of halogens is 1. The van der Waals surface area contributed by atoms with Crippen molar-refractivity contribution in [2.75, 3.05) is 0 Å². The molecule has 146 valence electrons. The normalized spacial score (nSPS) is 13.8. The molecule has 8 heteroatoms. The van der Waals surface area contributed by atoms with Gasteiger partial charge < -0.3 is 15.4 Å². The first-order chi connectivity index (χ1) is 11.9. The molecule has 2 amide bonds. The van der Waals surface area contributed by atoms with E-state index in [1.54, 1.807) is 39.8 Å². The zero-order valence-corrected chi connectivity index (χ0v) is 18.4. The molecule has 1 rings (SSSR count). The number of carbonyl (C=O) groups excluding carboxylic acids is 3. The molecular formula is C18H27BrN2O4S. The van der Waals surface area contributed by atoms with Gasteiger partial charge in [0, 0.05) is 0 Å². The molecule has 1 aromatic heterocycles. The summed E-state index contributed by atoms with van der Waals surface area (Å²) in [5.74, 6) is -1.03. The highest BCUT2D eigenvalue weighted by Gasteiger charge is 2.29. The number of ether oxygens (including phenoxy) is 1. The first kappa shape index (κ1) is 22.6. The Morgan fingerprint density at radius 3 is 2.23 bits per heavy atom. The molecular weight excluding hydrogens is 420 g/mol. The molecule has 0 unspecified atom stereocenters. The summed E-state index contributed by atoms with van der Waals surface area (Å²) in [6.07, 6.45) is 0.458. The Bertz CT molecular complexity index is 652. The van der Waals surface area contributed by atoms with E-state index in [2.05, 4.69) is 26.6 Å². The minimum absolute atomic E-state index is 0.196. The number of hydrogen-bond donors (Lipinski definition) is 2. The predicted octanol–water partition coefficient (Wildman–Crippen LogP) is 3.50. The van der Waals surface area contributed by atoms with Crippen molar-refractivity contribution in [3.8, 4) is 0 Å². The van der Waals surface area contributed by atoms with Gasteiger partial charge in [-0.25, -0.2) is 4.79 Å². The third-order valence-electron chi connectivity index (χ3n) is 3.25. The van der Waals surface area contributed by atoms with Crippen molar-refractivity contribution in [1.29, 1.82) is 0 Å². The van der Waals surface area contributed by atoms with Crippen LogP contribution < -0.4 is 10.6 Å². The van der Waals surface area contributed by atoms with Gasteiger partial charge >= 0.3 is 5.97 Å². The van der Waals surface area contributed by atoms with E-state index in [9.17, 15) is 14.4 Å². The molecule has 0 aromatic carbocycles. The fourth-order valence-electron chi connectivity index (χ4n) is 2.12. The first-order valence-corrected chi connectivity index (χ1v) is 10.1. The van der Waals surface area contributed by atoms with Crippen LogP contribution in [0.4, 0.5) is 0 Å². The van der Waals surface area contributed by atoms with Gasteiger partial charge in [0.1, 0.15) is 17.7 Å². The molecule has 0 saturated carbocycles. The largest absolute Gasteiger partial charge is 0.458 e. The molecule has 2 N–H and O–H groups in total. The van der Waals surface area contributed by atoms with Gasteiger partial charge in [-0.15, -0.1) is 11.3 Å². The lowest BCUT2D eigenvalue weighted by molar-refractivity contribution is -0.159. The van der Waals surface area contributed by atoms with Crippen molar-refractivity contribution in [3.63, 3.8) is 0 Å². The zero-order valence-electron chi connectivity index (χ0n) is 16.0. The third kappa shape index (κ3) is 7.86. The quantitative estimate of drug-likeness (QED) is 0.627. The lowest BCUT2D eigenvalue weighted by Crippen LogP contribution is -2.51. The number of hydrogen-bond acceptors (Lipinski definition) is 5. The number of esters is 1. The molecule has 6 nitrogen and oxygen atoms in total. The van der Waals surface area contributed by atoms with Gasteiger partial charge in [0.05, 0.1) is 8.66 Å². The second-order valence-electron chi connectivity index (χ2n) is 7.52. The predicted molar refractivity (Wildman–Crippen MR) is 106 cm³/mol. The highest BCUT2D eigenvalue weighted by atomic mass is 79.9.